The third-order valence-corrected chi connectivity index (χ3v) is 19.4. The minimum Gasteiger partial charge on any atom is -0.462 e. The molecule has 0 fully saturated rings. The number of unbranched alkanes of at least 4 members (excludes halogenated alkanes) is 36. The minimum absolute atomic E-state index is 0.0301. The fraction of sp³-hybridized carbons (Fsp3) is 0.765. The number of carbonyl (C=O) groups excluding carboxylic acids is 4. The Morgan fingerprint density at radius 3 is 0.837 bits per heavy atom. The molecule has 0 rings (SSSR count). The Morgan fingerprint density at radius 2 is 0.519 bits per heavy atom. The Bertz CT molecular complexity index is 2350. The first-order valence-electron chi connectivity index (χ1n) is 41.5. The van der Waals surface area contributed by atoms with Gasteiger partial charge in [-0.3, -0.25) is 37.3 Å². The molecule has 0 aliphatic carbocycles. The number of phosphoric ester groups is 2. The highest BCUT2D eigenvalue weighted by Gasteiger charge is 2.30. The zero-order valence-corrected chi connectivity index (χ0v) is 67.7. The van der Waals surface area contributed by atoms with Gasteiger partial charge >= 0.3 is 39.5 Å². The number of aliphatic hydroxyl groups is 1. The number of allylic oxidation sites excluding steroid dienone is 16. The van der Waals surface area contributed by atoms with Crippen LogP contribution in [0.5, 0.6) is 0 Å². The van der Waals surface area contributed by atoms with Gasteiger partial charge in [0.25, 0.3) is 0 Å². The maximum Gasteiger partial charge on any atom is 0.472 e. The summed E-state index contributed by atoms with van der Waals surface area (Å²) in [5.74, 6) is -2.26. The van der Waals surface area contributed by atoms with Crippen molar-refractivity contribution in [2.45, 2.75) is 380 Å². The SMILES string of the molecule is CC/C=C\C/C=C\C/C=C\C/C=C\C/C=C\C/C=C\CCC(=O)O[C@H](COC(=O)CCCCCCCCC/C=C\CCCCCC)COP(=O)(O)OC[C@@H](O)COP(=O)(O)OC[C@@H](COC(=O)CCCCCCCCC/C=C\CCCCCC)OC(=O)CCCCCCCCCCCCCCCCC. The van der Waals surface area contributed by atoms with Crippen molar-refractivity contribution >= 4 is 39.5 Å². The first-order chi connectivity index (χ1) is 50.7. The highest BCUT2D eigenvalue weighted by molar-refractivity contribution is 7.47. The topological polar surface area (TPSA) is 237 Å². The average Bonchev–Trinajstić information content (AvgIpc) is 0.943. The molecule has 0 spiro atoms. The summed E-state index contributed by atoms with van der Waals surface area (Å²) in [6.07, 6.45) is 82.4. The van der Waals surface area contributed by atoms with Crippen LogP contribution in [0, 0.1) is 0 Å². The second-order valence-corrected chi connectivity index (χ2v) is 30.6. The van der Waals surface area contributed by atoms with Crippen LogP contribution in [-0.4, -0.2) is 96.7 Å². The van der Waals surface area contributed by atoms with Gasteiger partial charge in [0.05, 0.1) is 26.4 Å². The van der Waals surface area contributed by atoms with Crippen LogP contribution in [0.1, 0.15) is 362 Å². The van der Waals surface area contributed by atoms with E-state index in [4.69, 9.17) is 37.0 Å². The number of aliphatic hydroxyl groups excluding tert-OH is 1. The second-order valence-electron chi connectivity index (χ2n) is 27.7. The minimum atomic E-state index is -5.00. The van der Waals surface area contributed by atoms with Gasteiger partial charge in [-0.05, 0) is 116 Å². The average molecular weight is 1510 g/mol. The van der Waals surface area contributed by atoms with Crippen LogP contribution in [0.25, 0.3) is 0 Å². The van der Waals surface area contributed by atoms with Gasteiger partial charge in [-0.15, -0.1) is 0 Å². The largest absolute Gasteiger partial charge is 0.472 e. The van der Waals surface area contributed by atoms with Crippen molar-refractivity contribution in [1.82, 2.24) is 0 Å². The molecule has 0 saturated heterocycles. The van der Waals surface area contributed by atoms with Gasteiger partial charge in [0, 0.05) is 25.7 Å². The molecule has 2 unspecified atom stereocenters. The van der Waals surface area contributed by atoms with E-state index in [-0.39, 0.29) is 25.7 Å². The van der Waals surface area contributed by atoms with Crippen molar-refractivity contribution in [1.29, 1.82) is 0 Å². The van der Waals surface area contributed by atoms with Gasteiger partial charge in [-0.25, -0.2) is 9.13 Å². The molecule has 0 bridgehead atoms. The highest BCUT2D eigenvalue weighted by atomic mass is 31.2. The Kier molecular flexibility index (Phi) is 74.2. The molecule has 3 N–H and O–H groups in total. The van der Waals surface area contributed by atoms with Crippen LogP contribution in [-0.2, 0) is 65.4 Å². The summed E-state index contributed by atoms with van der Waals surface area (Å²) in [6.45, 7) is 4.71. The zero-order valence-electron chi connectivity index (χ0n) is 65.9. The van der Waals surface area contributed by atoms with Crippen LogP contribution in [0.15, 0.2) is 97.2 Å². The van der Waals surface area contributed by atoms with E-state index in [1.165, 1.54) is 141 Å². The smallest absolute Gasteiger partial charge is 0.462 e. The Balaban J connectivity index is 5.42. The van der Waals surface area contributed by atoms with Crippen LogP contribution in [0.3, 0.4) is 0 Å². The molecule has 17 nitrogen and oxygen atoms in total. The van der Waals surface area contributed by atoms with E-state index in [2.05, 4.69) is 107 Å². The lowest BCUT2D eigenvalue weighted by molar-refractivity contribution is -0.161. The van der Waals surface area contributed by atoms with Crippen LogP contribution in [0.4, 0.5) is 0 Å². The summed E-state index contributed by atoms with van der Waals surface area (Å²) >= 11 is 0. The van der Waals surface area contributed by atoms with Crippen LogP contribution in [0.2, 0.25) is 0 Å². The lowest BCUT2D eigenvalue weighted by Crippen LogP contribution is -2.30. The van der Waals surface area contributed by atoms with Gasteiger partial charge in [-0.2, -0.15) is 0 Å². The highest BCUT2D eigenvalue weighted by Crippen LogP contribution is 2.45. The summed E-state index contributed by atoms with van der Waals surface area (Å²) < 4.78 is 68.6. The zero-order chi connectivity index (χ0) is 76.0. The third kappa shape index (κ3) is 76.2. The summed E-state index contributed by atoms with van der Waals surface area (Å²) in [7, 11) is -9.98. The van der Waals surface area contributed by atoms with Gasteiger partial charge in [0.15, 0.2) is 12.2 Å². The van der Waals surface area contributed by atoms with Gasteiger partial charge in [0.1, 0.15) is 19.3 Å². The van der Waals surface area contributed by atoms with E-state index in [0.29, 0.717) is 32.1 Å². The van der Waals surface area contributed by atoms with E-state index in [1.807, 2.05) is 18.2 Å². The van der Waals surface area contributed by atoms with Crippen molar-refractivity contribution in [3.63, 3.8) is 0 Å². The summed E-state index contributed by atoms with van der Waals surface area (Å²) in [6, 6.07) is 0. The standard InChI is InChI=1S/C85H150O17P2/c1-5-9-13-17-21-25-29-33-37-38-39-40-44-48-52-56-60-64-68-72-85(90)102-81(76-96-83(88)70-66-62-58-54-50-46-42-35-31-27-23-19-15-11-7-3)78-100-104(93,94)98-74-79(86)73-97-103(91,92)99-77-80(101-84(89)71-67-63-59-55-51-47-43-36-32-28-24-20-16-12-8-4)75-95-82(87)69-65-61-57-53-49-45-41-34-30-26-22-18-14-10-6-2/h9,13,21,25-27,30-31,33,37,39-40,48,52,60,64,79-81,86H,5-8,10-12,14-20,22-24,28-29,32,34-36,38,41-47,49-51,53-59,61-63,65-78H2,1-4H3,(H,91,92)(H,93,94)/b13-9-,25-21-,30-26-,31-27-,37-33-,40-39-,52-48-,64-60-/t79-,80+,81+/m0/s1. The molecule has 0 radical (unpaired) electrons. The summed E-state index contributed by atoms with van der Waals surface area (Å²) in [5, 5.41) is 10.7. The van der Waals surface area contributed by atoms with Crippen molar-refractivity contribution in [2.75, 3.05) is 39.6 Å². The second kappa shape index (κ2) is 77.1. The monoisotopic (exact) mass is 1510 g/mol. The summed E-state index contributed by atoms with van der Waals surface area (Å²) in [5.41, 5.74) is 0. The molecule has 0 saturated carbocycles. The lowest BCUT2D eigenvalue weighted by Gasteiger charge is -2.21. The molecular formula is C85H150O17P2. The molecule has 0 heterocycles. The number of esters is 4. The van der Waals surface area contributed by atoms with E-state index in [9.17, 15) is 43.2 Å². The number of ether oxygens (including phenoxy) is 4. The van der Waals surface area contributed by atoms with E-state index in [0.717, 1.165) is 135 Å². The number of carbonyl (C=O) groups is 4. The van der Waals surface area contributed by atoms with E-state index in [1.54, 1.807) is 0 Å². The van der Waals surface area contributed by atoms with E-state index >= 15 is 0 Å². The maximum atomic E-state index is 13.1. The number of rotatable bonds is 78. The predicted molar refractivity (Wildman–Crippen MR) is 427 cm³/mol. The van der Waals surface area contributed by atoms with E-state index < -0.39 is 97.5 Å². The Labute approximate surface area is 633 Å². The van der Waals surface area contributed by atoms with Gasteiger partial charge in [0.2, 0.25) is 0 Å². The fourth-order valence-electron chi connectivity index (χ4n) is 11.2. The normalized spacial score (nSPS) is 14.3. The van der Waals surface area contributed by atoms with Crippen molar-refractivity contribution in [3.8, 4) is 0 Å². The first-order valence-corrected chi connectivity index (χ1v) is 44.5. The molecule has 0 aromatic heterocycles. The Hall–Kier alpha value is -4.02. The lowest BCUT2D eigenvalue weighted by atomic mass is 10.0. The van der Waals surface area contributed by atoms with Gasteiger partial charge in [-0.1, -0.05) is 318 Å². The quantitative estimate of drug-likeness (QED) is 0.0169. The van der Waals surface area contributed by atoms with Crippen molar-refractivity contribution in [2.24, 2.45) is 0 Å². The summed E-state index contributed by atoms with van der Waals surface area (Å²) in [4.78, 5) is 73.1. The molecule has 0 aliphatic rings. The number of hydrogen-bond donors (Lipinski definition) is 3. The molecular weight excluding hydrogens is 1350 g/mol. The van der Waals surface area contributed by atoms with Gasteiger partial charge < -0.3 is 33.8 Å². The maximum absolute atomic E-state index is 13.1. The fourth-order valence-corrected chi connectivity index (χ4v) is 12.8. The molecule has 5 atom stereocenters. The molecule has 0 aliphatic heterocycles. The van der Waals surface area contributed by atoms with Crippen molar-refractivity contribution in [3.05, 3.63) is 97.2 Å². The van der Waals surface area contributed by atoms with Crippen molar-refractivity contribution < 1.29 is 80.2 Å². The van der Waals surface area contributed by atoms with Crippen LogP contribution < -0.4 is 0 Å². The molecule has 0 aromatic carbocycles. The first kappa shape index (κ1) is 100.0. The number of phosphoric acid groups is 2. The Morgan fingerprint density at radius 1 is 0.279 bits per heavy atom. The molecule has 602 valence electrons. The molecule has 104 heavy (non-hydrogen) atoms. The van der Waals surface area contributed by atoms with Crippen LogP contribution >= 0.6 is 15.6 Å². The molecule has 19 heteroatoms. The predicted octanol–water partition coefficient (Wildman–Crippen LogP) is 24.3. The number of hydrogen-bond acceptors (Lipinski definition) is 15. The molecule has 0 amide bonds. The molecule has 0 aromatic rings. The third-order valence-electron chi connectivity index (χ3n) is 17.5.